The highest BCUT2D eigenvalue weighted by molar-refractivity contribution is 7.97. The molecule has 0 amide bonds. The number of rotatable bonds is 0. The van der Waals surface area contributed by atoms with Gasteiger partial charge in [0.2, 0.25) is 0 Å². The second-order valence-corrected chi connectivity index (χ2v) is 4.34. The van der Waals surface area contributed by atoms with Gasteiger partial charge in [-0.3, -0.25) is 0 Å². The van der Waals surface area contributed by atoms with Gasteiger partial charge in [0, 0.05) is 13.1 Å². The lowest BCUT2D eigenvalue weighted by Crippen LogP contribution is -2.42. The van der Waals surface area contributed by atoms with E-state index in [4.69, 9.17) is 26.9 Å². The van der Waals surface area contributed by atoms with Crippen molar-refractivity contribution >= 4 is 34.7 Å². The van der Waals surface area contributed by atoms with Crippen LogP contribution in [-0.2, 0) is 4.74 Å². The van der Waals surface area contributed by atoms with E-state index >= 15 is 0 Å². The third kappa shape index (κ3) is 2.49. The van der Waals surface area contributed by atoms with E-state index in [2.05, 4.69) is 8.80 Å². The topological polar surface area (TPSA) is 84.8 Å². The average Bonchev–Trinajstić information content (AvgIpc) is 2.43. The van der Waals surface area contributed by atoms with Gasteiger partial charge in [-0.05, 0) is 0 Å². The van der Waals surface area contributed by atoms with Crippen molar-refractivity contribution < 1.29 is 4.74 Å². The van der Waals surface area contributed by atoms with Crippen molar-refractivity contribution in [2.45, 2.75) is 0 Å². The summed E-state index contributed by atoms with van der Waals surface area (Å²) < 4.78 is 13.3. The average molecular weight is 282 g/mol. The van der Waals surface area contributed by atoms with E-state index in [1.54, 1.807) is 0 Å². The van der Waals surface area contributed by atoms with E-state index in [0.29, 0.717) is 37.7 Å². The summed E-state index contributed by atoms with van der Waals surface area (Å²) in [4.78, 5) is 1.94. The van der Waals surface area contributed by atoms with Crippen molar-refractivity contribution in [3.8, 4) is 12.1 Å². The molecule has 2 aliphatic heterocycles. The lowest BCUT2D eigenvalue weighted by Gasteiger charge is -2.31. The first kappa shape index (κ1) is 12.9. The maximum atomic E-state index is 8.96. The van der Waals surface area contributed by atoms with Gasteiger partial charge in [-0.1, -0.05) is 11.6 Å². The maximum absolute atomic E-state index is 8.96. The highest BCUT2D eigenvalue weighted by Gasteiger charge is 2.27. The van der Waals surface area contributed by atoms with E-state index in [9.17, 15) is 0 Å². The number of hydrogen-bond acceptors (Lipinski definition) is 7. The third-order valence-corrected chi connectivity index (χ3v) is 3.35. The number of hydrogen-bond donors (Lipinski definition) is 0. The first-order valence-corrected chi connectivity index (χ1v) is 6.24. The predicted molar refractivity (Wildman–Crippen MR) is 69.0 cm³/mol. The summed E-state index contributed by atoms with van der Waals surface area (Å²) in [6, 6.07) is 3.65. The Bertz CT molecular complexity index is 505. The molecule has 0 unspecified atom stereocenters. The molecule has 0 radical (unpaired) electrons. The minimum Gasteiger partial charge on any atom is -0.378 e. The number of amidine groups is 1. The molecular formula is C10H8ClN5OS. The fourth-order valence-electron chi connectivity index (χ4n) is 1.62. The van der Waals surface area contributed by atoms with Gasteiger partial charge in [0.25, 0.3) is 0 Å². The van der Waals surface area contributed by atoms with E-state index in [1.165, 1.54) is 0 Å². The maximum Gasteiger partial charge on any atom is 0.152 e. The predicted octanol–water partition coefficient (Wildman–Crippen LogP) is 1.27. The molecule has 0 bridgehead atoms. The van der Waals surface area contributed by atoms with Crippen molar-refractivity contribution in [3.05, 3.63) is 11.1 Å². The van der Waals surface area contributed by atoms with Gasteiger partial charge in [0.1, 0.15) is 29.8 Å². The summed E-state index contributed by atoms with van der Waals surface area (Å²) in [5.74, 6) is 0.529. The SMILES string of the molecule is N#CC(C#N)=C1C(Cl)=NSN=C1N1CCOCC1. The van der Waals surface area contributed by atoms with Crippen LogP contribution in [0.3, 0.4) is 0 Å². The molecule has 0 aromatic heterocycles. The minimum atomic E-state index is -0.0747. The number of allylic oxidation sites excluding steroid dienone is 1. The van der Waals surface area contributed by atoms with Crippen molar-refractivity contribution in [1.82, 2.24) is 4.90 Å². The van der Waals surface area contributed by atoms with Crippen molar-refractivity contribution in [2.75, 3.05) is 26.3 Å². The van der Waals surface area contributed by atoms with E-state index in [0.717, 1.165) is 12.1 Å². The Balaban J connectivity index is 2.40. The lowest BCUT2D eigenvalue weighted by atomic mass is 10.1. The van der Waals surface area contributed by atoms with Gasteiger partial charge < -0.3 is 9.64 Å². The van der Waals surface area contributed by atoms with Crippen molar-refractivity contribution in [1.29, 1.82) is 10.5 Å². The molecule has 0 atom stereocenters. The van der Waals surface area contributed by atoms with Crippen LogP contribution in [0.2, 0.25) is 0 Å². The number of halogens is 1. The van der Waals surface area contributed by atoms with Gasteiger partial charge >= 0.3 is 0 Å². The fourth-order valence-corrected chi connectivity index (χ4v) is 2.38. The van der Waals surface area contributed by atoms with Crippen LogP contribution in [0, 0.1) is 22.7 Å². The zero-order chi connectivity index (χ0) is 13.0. The zero-order valence-electron chi connectivity index (χ0n) is 9.26. The van der Waals surface area contributed by atoms with Crippen LogP contribution < -0.4 is 0 Å². The summed E-state index contributed by atoms with van der Waals surface area (Å²) in [5, 5.41) is 18.1. The zero-order valence-corrected chi connectivity index (χ0v) is 10.8. The van der Waals surface area contributed by atoms with Gasteiger partial charge in [-0.15, -0.1) is 0 Å². The molecule has 1 fully saturated rings. The Morgan fingerprint density at radius 3 is 2.56 bits per heavy atom. The van der Waals surface area contributed by atoms with Crippen molar-refractivity contribution in [2.24, 2.45) is 8.80 Å². The summed E-state index contributed by atoms with van der Waals surface area (Å²) in [6.07, 6.45) is 0. The molecule has 2 heterocycles. The second kappa shape index (κ2) is 5.87. The summed E-state index contributed by atoms with van der Waals surface area (Å²) in [6.45, 7) is 2.47. The Morgan fingerprint density at radius 1 is 1.28 bits per heavy atom. The largest absolute Gasteiger partial charge is 0.378 e. The quantitative estimate of drug-likeness (QED) is 0.493. The molecule has 0 aromatic rings. The molecule has 1 saturated heterocycles. The third-order valence-electron chi connectivity index (χ3n) is 2.46. The molecule has 18 heavy (non-hydrogen) atoms. The second-order valence-electron chi connectivity index (χ2n) is 3.45. The summed E-state index contributed by atoms with van der Waals surface area (Å²) in [5.41, 5.74) is 0.233. The van der Waals surface area contributed by atoms with Crippen molar-refractivity contribution in [3.63, 3.8) is 0 Å². The highest BCUT2D eigenvalue weighted by Crippen LogP contribution is 2.25. The molecular weight excluding hydrogens is 274 g/mol. The van der Waals surface area contributed by atoms with Crippen LogP contribution in [0.15, 0.2) is 19.9 Å². The fraction of sp³-hybridized carbons (Fsp3) is 0.400. The van der Waals surface area contributed by atoms with E-state index < -0.39 is 0 Å². The van der Waals surface area contributed by atoms with E-state index in [-0.39, 0.29) is 10.7 Å². The Kier molecular flexibility index (Phi) is 4.21. The molecule has 6 nitrogen and oxygen atoms in total. The standard InChI is InChI=1S/C10H8ClN5OS/c11-9-8(7(5-12)6-13)10(15-18-14-9)16-1-3-17-4-2-16/h1-4H2. The molecule has 2 rings (SSSR count). The van der Waals surface area contributed by atoms with Crippen LogP contribution in [0.4, 0.5) is 0 Å². The minimum absolute atomic E-state index is 0.0747. The van der Waals surface area contributed by atoms with Gasteiger partial charge in [-0.25, -0.2) is 0 Å². The van der Waals surface area contributed by atoms with Crippen LogP contribution in [0.1, 0.15) is 0 Å². The first-order chi connectivity index (χ1) is 8.77. The van der Waals surface area contributed by atoms with Gasteiger partial charge in [0.05, 0.1) is 18.8 Å². The molecule has 0 saturated carbocycles. The Hall–Kier alpha value is -1.54. The molecule has 2 aliphatic rings. The van der Waals surface area contributed by atoms with Crippen LogP contribution in [0.25, 0.3) is 0 Å². The van der Waals surface area contributed by atoms with Crippen LogP contribution in [0.5, 0.6) is 0 Å². The Morgan fingerprint density at radius 2 is 1.94 bits per heavy atom. The molecule has 0 aliphatic carbocycles. The number of ether oxygens (including phenoxy) is 1. The monoisotopic (exact) mass is 281 g/mol. The number of nitrogens with zero attached hydrogens (tertiary/aromatic N) is 5. The first-order valence-electron chi connectivity index (χ1n) is 5.13. The van der Waals surface area contributed by atoms with Crippen LogP contribution in [-0.4, -0.2) is 42.2 Å². The highest BCUT2D eigenvalue weighted by atomic mass is 35.5. The molecule has 0 N–H and O–H groups in total. The summed E-state index contributed by atoms with van der Waals surface area (Å²) >= 11 is 6.93. The molecule has 0 spiro atoms. The number of morpholine rings is 1. The van der Waals surface area contributed by atoms with Gasteiger partial charge in [0.15, 0.2) is 11.0 Å². The van der Waals surface area contributed by atoms with Crippen LogP contribution >= 0.6 is 23.7 Å². The Labute approximate surface area is 113 Å². The number of nitriles is 2. The normalized spacial score (nSPS) is 19.5. The molecule has 0 aromatic carbocycles. The smallest absolute Gasteiger partial charge is 0.152 e. The molecule has 8 heteroatoms. The summed E-state index contributed by atoms with van der Waals surface area (Å²) in [7, 11) is 0. The lowest BCUT2D eigenvalue weighted by molar-refractivity contribution is 0.0684. The van der Waals surface area contributed by atoms with E-state index in [1.807, 2.05) is 17.0 Å². The van der Waals surface area contributed by atoms with Gasteiger partial charge in [-0.2, -0.15) is 19.3 Å². The molecule has 92 valence electrons.